The molecule has 13 heteroatoms. The van der Waals surface area contributed by atoms with E-state index < -0.39 is 11.9 Å². The number of pyridine rings is 5. The fraction of sp³-hybridized carbons (Fsp3) is 0.432. The Hall–Kier alpha value is -5.14. The summed E-state index contributed by atoms with van der Waals surface area (Å²) in [5.74, 6) is -0.432. The second-order valence-corrected chi connectivity index (χ2v) is 28.2. The minimum Gasteiger partial charge on any atom is -0.418 e. The molecule has 4 aliphatic rings. The van der Waals surface area contributed by atoms with Crippen LogP contribution in [0.3, 0.4) is 0 Å². The number of imidazole rings is 1. The summed E-state index contributed by atoms with van der Waals surface area (Å²) in [6, 6.07) is 56.1. The number of aryl methyl sites for hydroxylation is 1. The van der Waals surface area contributed by atoms with Crippen LogP contribution >= 0.6 is 0 Å². The Morgan fingerprint density at radius 3 is 1.89 bits per heavy atom. The molecule has 4 saturated carbocycles. The molecule has 0 bridgehead atoms. The SMILES string of the molecule is CC1(CCc2cccc(-c3[c-]ccc(-c4ccccc4)c3)n2)CCCCC1.CC1(Cc2ccc(C(C)(C)c3[c-]cccc3)nc2)CCCC1.CC1(Cc2cn(-c3ccccn3)[c-]n2)CCCC1.CCC(c1ccnc(-c2[c-]cc(F)nc2F)c1)C1(C)CCCC1.[Co].[Rh].[Rh].[Rh]. The van der Waals surface area contributed by atoms with Gasteiger partial charge in [0.1, 0.15) is 11.9 Å². The second-order valence-electron chi connectivity index (χ2n) is 28.2. The molecule has 0 saturated heterocycles. The molecule has 0 aliphatic heterocycles. The van der Waals surface area contributed by atoms with Crippen LogP contribution in [0.2, 0.25) is 0 Å². The third kappa shape index (κ3) is 21.2. The summed E-state index contributed by atoms with van der Waals surface area (Å²) in [7, 11) is 0. The molecule has 1 atom stereocenters. The average Bonchev–Trinajstić information content (AvgIpc) is 1.36. The molecule has 6 aromatic heterocycles. The number of nitrogens with zero attached hydrogens (tertiary/aromatic N) is 7. The summed E-state index contributed by atoms with van der Waals surface area (Å²) in [4.78, 5) is 25.9. The third-order valence-electron chi connectivity index (χ3n) is 20.4. The van der Waals surface area contributed by atoms with Gasteiger partial charge in [-0.1, -0.05) is 197 Å². The number of benzene rings is 3. The van der Waals surface area contributed by atoms with Gasteiger partial charge in [0.2, 0.25) is 0 Å². The van der Waals surface area contributed by atoms with Crippen molar-refractivity contribution in [1.29, 1.82) is 0 Å². The first kappa shape index (κ1) is 77.9. The first-order valence-electron chi connectivity index (χ1n) is 33.5. The van der Waals surface area contributed by atoms with Crippen LogP contribution in [0.25, 0.3) is 39.5 Å². The first-order chi connectivity index (χ1) is 43.5. The molecule has 4 fully saturated rings. The standard InChI is InChI=1S/C26H28N.C21H26N.C19H21F2N2.C15H18N3.Co.3Rh/c1-26(17-6-3-7-18-26)19-16-24-14-9-15-25(27-24)23-13-8-12-22(20-23)21-10-4-2-5-11-21;1-20(2,18-9-5-4-6-10-18)19-12-11-17(16-22-19)15-21(3)13-7-8-14-21;1-3-15(19(2)9-4-5-10-19)13-8-11-22-16(12-13)14-6-7-17(20)23-18(14)21;1-15(7-3-4-8-15)10-13-11-18(12-17-13)14-6-2-5-9-16-14;;;;/h2,4-5,8-12,14-15,20H,3,6-7,16-19H2,1H3;4-6,9,11-12,16H,7-8,13-15H2,1-3H3;7-8,11-12,15H,3-5,9-10H2,1-2H3;2,5-6,9,11H,3-4,7-8,10H2,1H3;;;;/q4*-1;;;;. The minimum absolute atomic E-state index is 0. The van der Waals surface area contributed by atoms with Crippen molar-refractivity contribution >= 4 is 0 Å². The van der Waals surface area contributed by atoms with Crippen molar-refractivity contribution < 1.29 is 84.0 Å². The quantitative estimate of drug-likeness (QED) is 0.0545. The van der Waals surface area contributed by atoms with Gasteiger partial charge in [0.25, 0.3) is 0 Å². The molecule has 506 valence electrons. The van der Waals surface area contributed by atoms with Gasteiger partial charge >= 0.3 is 0 Å². The Balaban J connectivity index is 0.000000197. The fourth-order valence-corrected chi connectivity index (χ4v) is 14.9. The van der Waals surface area contributed by atoms with E-state index in [0.29, 0.717) is 27.9 Å². The summed E-state index contributed by atoms with van der Waals surface area (Å²) < 4.78 is 28.8. The number of aromatic nitrogens is 7. The van der Waals surface area contributed by atoms with Crippen molar-refractivity contribution in [1.82, 2.24) is 34.5 Å². The van der Waals surface area contributed by atoms with E-state index in [1.165, 1.54) is 149 Å². The van der Waals surface area contributed by atoms with Gasteiger partial charge in [-0.2, -0.15) is 35.9 Å². The van der Waals surface area contributed by atoms with Crippen LogP contribution in [0.5, 0.6) is 0 Å². The maximum absolute atomic E-state index is 13.9. The summed E-state index contributed by atoms with van der Waals surface area (Å²) in [6.45, 7) is 16.3. The molecular formula is C81H93CoF2N7Rh3-4. The van der Waals surface area contributed by atoms with E-state index in [-0.39, 0.29) is 91.6 Å². The average molecular weight is 1570 g/mol. The molecule has 0 spiro atoms. The van der Waals surface area contributed by atoms with Gasteiger partial charge in [-0.3, -0.25) is 15.0 Å². The monoisotopic (exact) mass is 1570 g/mol. The first-order valence-corrected chi connectivity index (χ1v) is 33.5. The molecule has 4 aliphatic carbocycles. The second kappa shape index (κ2) is 36.4. The van der Waals surface area contributed by atoms with Gasteiger partial charge in [-0.15, -0.1) is 41.5 Å². The molecule has 0 amide bonds. The number of rotatable bonds is 16. The molecule has 7 nitrogen and oxygen atoms in total. The van der Waals surface area contributed by atoms with Gasteiger partial charge in [0.15, 0.2) is 0 Å². The summed E-state index contributed by atoms with van der Waals surface area (Å²) >= 11 is 0. The Kier molecular flexibility index (Phi) is 30.2. The van der Waals surface area contributed by atoms with E-state index >= 15 is 0 Å². The number of hydrogen-bond acceptors (Lipinski definition) is 6. The smallest absolute Gasteiger partial charge is 0.128 e. The van der Waals surface area contributed by atoms with Crippen molar-refractivity contribution in [2.45, 2.75) is 201 Å². The summed E-state index contributed by atoms with van der Waals surface area (Å²) in [5, 5.41) is 0. The molecule has 1 unspecified atom stereocenters. The van der Waals surface area contributed by atoms with Gasteiger partial charge in [0.05, 0.1) is 5.82 Å². The molecule has 9 aromatic rings. The zero-order chi connectivity index (χ0) is 63.0. The van der Waals surface area contributed by atoms with Crippen molar-refractivity contribution in [2.24, 2.45) is 21.7 Å². The van der Waals surface area contributed by atoms with Crippen LogP contribution in [0, 0.1) is 58.1 Å². The van der Waals surface area contributed by atoms with Gasteiger partial charge in [-0.25, -0.2) is 8.78 Å². The van der Waals surface area contributed by atoms with Crippen LogP contribution in [0.4, 0.5) is 8.78 Å². The van der Waals surface area contributed by atoms with Crippen molar-refractivity contribution in [3.05, 3.63) is 235 Å². The van der Waals surface area contributed by atoms with E-state index in [2.05, 4.69) is 190 Å². The molecule has 6 heterocycles. The van der Waals surface area contributed by atoms with E-state index in [1.807, 2.05) is 53.1 Å². The predicted octanol–water partition coefficient (Wildman–Crippen LogP) is 20.9. The Labute approximate surface area is 610 Å². The van der Waals surface area contributed by atoms with Crippen molar-refractivity contribution in [2.75, 3.05) is 0 Å². The van der Waals surface area contributed by atoms with E-state index in [9.17, 15) is 8.78 Å². The Morgan fingerprint density at radius 2 is 1.24 bits per heavy atom. The number of halogens is 2. The van der Waals surface area contributed by atoms with Crippen LogP contribution in [-0.4, -0.2) is 34.5 Å². The van der Waals surface area contributed by atoms with Gasteiger partial charge in [-0.05, 0) is 163 Å². The summed E-state index contributed by atoms with van der Waals surface area (Å²) in [6.07, 6.45) is 39.0. The zero-order valence-electron chi connectivity index (χ0n) is 55.9. The van der Waals surface area contributed by atoms with E-state index in [4.69, 9.17) is 9.97 Å². The van der Waals surface area contributed by atoms with Gasteiger partial charge < -0.3 is 19.5 Å². The normalized spacial score (nSPS) is 16.6. The van der Waals surface area contributed by atoms with Crippen LogP contribution in [0.15, 0.2) is 164 Å². The maximum Gasteiger partial charge on any atom is 0.128 e. The van der Waals surface area contributed by atoms with Crippen molar-refractivity contribution in [3.8, 4) is 39.5 Å². The molecule has 0 N–H and O–H groups in total. The molecular weight excluding hydrogens is 1480 g/mol. The Bertz CT molecular complexity index is 3680. The summed E-state index contributed by atoms with van der Waals surface area (Å²) in [5.41, 5.74) is 14.0. The zero-order valence-corrected chi connectivity index (χ0v) is 61.9. The molecule has 3 aromatic carbocycles. The molecule has 4 radical (unpaired) electrons. The topological polar surface area (TPSA) is 82.3 Å². The Morgan fingerprint density at radius 1 is 0.574 bits per heavy atom. The number of hydrogen-bond donors (Lipinski definition) is 0. The van der Waals surface area contributed by atoms with Crippen LogP contribution < -0.4 is 0 Å². The van der Waals surface area contributed by atoms with Gasteiger partial charge in [0, 0.05) is 117 Å². The third-order valence-corrected chi connectivity index (χ3v) is 20.4. The minimum atomic E-state index is -0.868. The molecule has 13 rings (SSSR count). The van der Waals surface area contributed by atoms with E-state index in [1.54, 1.807) is 12.4 Å². The van der Waals surface area contributed by atoms with Crippen molar-refractivity contribution in [3.63, 3.8) is 0 Å². The predicted molar refractivity (Wildman–Crippen MR) is 362 cm³/mol. The van der Waals surface area contributed by atoms with Crippen LogP contribution in [-0.2, 0) is 99.9 Å². The van der Waals surface area contributed by atoms with E-state index in [0.717, 1.165) is 60.2 Å². The largest absolute Gasteiger partial charge is 0.418 e. The molecule has 94 heavy (non-hydrogen) atoms. The fourth-order valence-electron chi connectivity index (χ4n) is 14.9. The van der Waals surface area contributed by atoms with Crippen LogP contribution in [0.1, 0.15) is 210 Å². The maximum atomic E-state index is 13.9.